The molecule has 1 fully saturated rings. The standard InChI is InChI=1S/C11H15N5O2/c1-7-11(18)14-10(17)6-16(7)5-8-2-3-13-9(4-8)15-12/h2-4,7H,5-6,12H2,1H3,(H,13,15)(H,14,17,18). The Kier molecular flexibility index (Phi) is 3.54. The number of anilines is 1. The number of hydrazine groups is 1. The molecule has 7 nitrogen and oxygen atoms in total. The van der Waals surface area contributed by atoms with Crippen LogP contribution in [0.5, 0.6) is 0 Å². The number of pyridine rings is 1. The number of hydrogen-bond acceptors (Lipinski definition) is 6. The molecule has 0 aromatic carbocycles. The monoisotopic (exact) mass is 249 g/mol. The van der Waals surface area contributed by atoms with Gasteiger partial charge in [-0.1, -0.05) is 0 Å². The second-order valence-electron chi connectivity index (χ2n) is 4.19. The molecule has 2 heterocycles. The van der Waals surface area contributed by atoms with Gasteiger partial charge in [-0.15, -0.1) is 0 Å². The number of carbonyl (C=O) groups excluding carboxylic acids is 2. The lowest BCUT2D eigenvalue weighted by Crippen LogP contribution is -2.56. The Morgan fingerprint density at radius 1 is 1.61 bits per heavy atom. The second kappa shape index (κ2) is 5.11. The van der Waals surface area contributed by atoms with Gasteiger partial charge in [0.15, 0.2) is 0 Å². The van der Waals surface area contributed by atoms with Crippen molar-refractivity contribution in [2.45, 2.75) is 19.5 Å². The van der Waals surface area contributed by atoms with E-state index in [4.69, 9.17) is 5.84 Å². The Hall–Kier alpha value is -1.99. The summed E-state index contributed by atoms with van der Waals surface area (Å²) in [6, 6.07) is 3.28. The lowest BCUT2D eigenvalue weighted by Gasteiger charge is -2.31. The number of aromatic nitrogens is 1. The SMILES string of the molecule is CC1C(=O)NC(=O)CN1Cc1ccnc(NN)c1. The van der Waals surface area contributed by atoms with Gasteiger partial charge in [-0.25, -0.2) is 10.8 Å². The lowest BCUT2D eigenvalue weighted by atomic mass is 10.1. The summed E-state index contributed by atoms with van der Waals surface area (Å²) in [7, 11) is 0. The van der Waals surface area contributed by atoms with Gasteiger partial charge in [-0.2, -0.15) is 0 Å². The number of nitrogens with two attached hydrogens (primary N) is 1. The van der Waals surface area contributed by atoms with Crippen molar-refractivity contribution in [1.82, 2.24) is 15.2 Å². The first-order chi connectivity index (χ1) is 8.60. The minimum atomic E-state index is -0.329. The maximum Gasteiger partial charge on any atom is 0.243 e. The summed E-state index contributed by atoms with van der Waals surface area (Å²) in [5, 5.41) is 2.30. The average molecular weight is 249 g/mol. The summed E-state index contributed by atoms with van der Waals surface area (Å²) < 4.78 is 0. The maximum atomic E-state index is 11.5. The molecule has 18 heavy (non-hydrogen) atoms. The third-order valence-electron chi connectivity index (χ3n) is 2.89. The van der Waals surface area contributed by atoms with Crippen molar-refractivity contribution < 1.29 is 9.59 Å². The first-order valence-electron chi connectivity index (χ1n) is 5.59. The number of piperazine rings is 1. The van der Waals surface area contributed by atoms with Crippen LogP contribution in [0.25, 0.3) is 0 Å². The van der Waals surface area contributed by atoms with Gasteiger partial charge in [0.05, 0.1) is 12.6 Å². The zero-order chi connectivity index (χ0) is 13.1. The summed E-state index contributed by atoms with van der Waals surface area (Å²) in [6.45, 7) is 2.48. The molecule has 1 aromatic rings. The van der Waals surface area contributed by atoms with Crippen molar-refractivity contribution in [3.05, 3.63) is 23.9 Å². The predicted molar refractivity (Wildman–Crippen MR) is 65.1 cm³/mol. The van der Waals surface area contributed by atoms with Crippen LogP contribution >= 0.6 is 0 Å². The van der Waals surface area contributed by atoms with Crippen LogP contribution in [0.2, 0.25) is 0 Å². The molecule has 7 heteroatoms. The summed E-state index contributed by atoms with van der Waals surface area (Å²) in [4.78, 5) is 28.6. The second-order valence-corrected chi connectivity index (χ2v) is 4.19. The highest BCUT2D eigenvalue weighted by molar-refractivity contribution is 6.00. The van der Waals surface area contributed by atoms with Crippen LogP contribution in [-0.2, 0) is 16.1 Å². The minimum Gasteiger partial charge on any atom is -0.308 e. The van der Waals surface area contributed by atoms with Gasteiger partial charge in [0.25, 0.3) is 0 Å². The van der Waals surface area contributed by atoms with E-state index >= 15 is 0 Å². The van der Waals surface area contributed by atoms with Crippen LogP contribution in [0.4, 0.5) is 5.82 Å². The molecular formula is C11H15N5O2. The molecule has 1 aliphatic heterocycles. The van der Waals surface area contributed by atoms with Crippen molar-refractivity contribution in [2.24, 2.45) is 5.84 Å². The molecule has 1 saturated heterocycles. The highest BCUT2D eigenvalue weighted by atomic mass is 16.2. The van der Waals surface area contributed by atoms with Crippen molar-refractivity contribution >= 4 is 17.6 Å². The van der Waals surface area contributed by atoms with Crippen LogP contribution in [0.3, 0.4) is 0 Å². The zero-order valence-electron chi connectivity index (χ0n) is 10.0. The Labute approximate surface area is 104 Å². The van der Waals surface area contributed by atoms with E-state index in [0.717, 1.165) is 5.56 Å². The molecule has 0 saturated carbocycles. The number of nitrogens with zero attached hydrogens (tertiary/aromatic N) is 2. The Morgan fingerprint density at radius 3 is 3.11 bits per heavy atom. The van der Waals surface area contributed by atoms with Gasteiger partial charge in [0.1, 0.15) is 5.82 Å². The highest BCUT2D eigenvalue weighted by Gasteiger charge is 2.29. The largest absolute Gasteiger partial charge is 0.308 e. The molecule has 0 bridgehead atoms. The van der Waals surface area contributed by atoms with E-state index in [1.807, 2.05) is 6.07 Å². The topological polar surface area (TPSA) is 100 Å². The van der Waals surface area contributed by atoms with E-state index < -0.39 is 0 Å². The number of nitrogens with one attached hydrogen (secondary N) is 2. The van der Waals surface area contributed by atoms with Gasteiger partial charge < -0.3 is 5.43 Å². The molecular weight excluding hydrogens is 234 g/mol. The Bertz CT molecular complexity index is 476. The van der Waals surface area contributed by atoms with Crippen molar-refractivity contribution in [3.8, 4) is 0 Å². The van der Waals surface area contributed by atoms with Crippen LogP contribution in [-0.4, -0.2) is 34.3 Å². The lowest BCUT2D eigenvalue weighted by molar-refractivity contribution is -0.139. The number of hydrogen-bond donors (Lipinski definition) is 3. The van der Waals surface area contributed by atoms with Crippen LogP contribution in [0.15, 0.2) is 18.3 Å². The van der Waals surface area contributed by atoms with E-state index in [0.29, 0.717) is 12.4 Å². The summed E-state index contributed by atoms with van der Waals surface area (Å²) in [5.74, 6) is 5.29. The van der Waals surface area contributed by atoms with Crippen LogP contribution in [0, 0.1) is 0 Å². The van der Waals surface area contributed by atoms with Gasteiger partial charge in [-0.05, 0) is 24.6 Å². The molecule has 0 spiro atoms. The molecule has 0 aliphatic carbocycles. The summed E-state index contributed by atoms with van der Waals surface area (Å²) in [5.41, 5.74) is 3.39. The molecule has 1 unspecified atom stereocenters. The number of amides is 2. The van der Waals surface area contributed by atoms with Gasteiger partial charge in [-0.3, -0.25) is 19.8 Å². The quantitative estimate of drug-likeness (QED) is 0.369. The van der Waals surface area contributed by atoms with Gasteiger partial charge >= 0.3 is 0 Å². The van der Waals surface area contributed by atoms with Gasteiger partial charge in [0.2, 0.25) is 11.8 Å². The highest BCUT2D eigenvalue weighted by Crippen LogP contribution is 2.13. The third-order valence-corrected chi connectivity index (χ3v) is 2.89. The Morgan fingerprint density at radius 2 is 2.39 bits per heavy atom. The Balaban J connectivity index is 2.11. The first-order valence-corrected chi connectivity index (χ1v) is 5.59. The third kappa shape index (κ3) is 2.63. The number of nitrogen functional groups attached to an aromatic ring is 1. The summed E-state index contributed by atoms with van der Waals surface area (Å²) in [6.07, 6.45) is 1.63. The molecule has 1 aliphatic rings. The normalized spacial score (nSPS) is 20.7. The van der Waals surface area contributed by atoms with Gasteiger partial charge in [0, 0.05) is 12.7 Å². The summed E-state index contributed by atoms with van der Waals surface area (Å²) >= 11 is 0. The van der Waals surface area contributed by atoms with Crippen molar-refractivity contribution in [3.63, 3.8) is 0 Å². The fourth-order valence-electron chi connectivity index (χ4n) is 1.85. The number of rotatable bonds is 3. The van der Waals surface area contributed by atoms with E-state index in [2.05, 4.69) is 15.7 Å². The molecule has 1 atom stereocenters. The van der Waals surface area contributed by atoms with Crippen molar-refractivity contribution in [2.75, 3.05) is 12.0 Å². The number of imide groups is 1. The molecule has 0 radical (unpaired) electrons. The smallest absolute Gasteiger partial charge is 0.243 e. The van der Waals surface area contributed by atoms with Crippen LogP contribution < -0.4 is 16.6 Å². The first kappa shape index (κ1) is 12.5. The molecule has 2 rings (SSSR count). The van der Waals surface area contributed by atoms with E-state index in [9.17, 15) is 9.59 Å². The molecule has 96 valence electrons. The number of carbonyl (C=O) groups is 2. The molecule has 2 amide bonds. The fourth-order valence-corrected chi connectivity index (χ4v) is 1.85. The maximum absolute atomic E-state index is 11.5. The van der Waals surface area contributed by atoms with E-state index in [1.54, 1.807) is 24.1 Å². The zero-order valence-corrected chi connectivity index (χ0v) is 10.0. The molecule has 1 aromatic heterocycles. The fraction of sp³-hybridized carbons (Fsp3) is 0.364. The molecule has 4 N–H and O–H groups in total. The predicted octanol–water partition coefficient (Wildman–Crippen LogP) is -0.786. The van der Waals surface area contributed by atoms with E-state index in [1.165, 1.54) is 0 Å². The minimum absolute atomic E-state index is 0.209. The van der Waals surface area contributed by atoms with Crippen LogP contribution in [0.1, 0.15) is 12.5 Å². The van der Waals surface area contributed by atoms with Crippen molar-refractivity contribution in [1.29, 1.82) is 0 Å². The van der Waals surface area contributed by atoms with E-state index in [-0.39, 0.29) is 24.4 Å². The average Bonchev–Trinajstić information content (AvgIpc) is 2.35.